The van der Waals surface area contributed by atoms with Crippen molar-refractivity contribution in [2.24, 2.45) is 5.73 Å². The molecule has 5 heteroatoms. The van der Waals surface area contributed by atoms with Gasteiger partial charge in [-0.2, -0.15) is 0 Å². The zero-order valence-corrected chi connectivity index (χ0v) is 13.8. The number of thiophene rings is 1. The Balaban J connectivity index is 2.46. The summed E-state index contributed by atoms with van der Waals surface area (Å²) in [6.07, 6.45) is 0. The minimum Gasteiger partial charge on any atom is -0.320 e. The Hall–Kier alpha value is 0.130. The molecule has 1 heterocycles. The molecule has 0 aliphatic rings. The molecule has 0 aliphatic heterocycles. The third kappa shape index (κ3) is 2.93. The lowest BCUT2D eigenvalue weighted by Crippen LogP contribution is -2.11. The Labute approximate surface area is 126 Å². The fourth-order valence-corrected chi connectivity index (χ4v) is 4.20. The summed E-state index contributed by atoms with van der Waals surface area (Å²) in [5.41, 5.74) is 7.29. The van der Waals surface area contributed by atoms with E-state index in [4.69, 9.17) is 17.3 Å². The van der Waals surface area contributed by atoms with Crippen molar-refractivity contribution < 1.29 is 0 Å². The van der Waals surface area contributed by atoms with Gasteiger partial charge in [0.25, 0.3) is 0 Å². The van der Waals surface area contributed by atoms with Crippen LogP contribution in [-0.4, -0.2) is 0 Å². The van der Waals surface area contributed by atoms with Crippen molar-refractivity contribution in [2.45, 2.75) is 13.0 Å². The molecule has 2 aromatic rings. The van der Waals surface area contributed by atoms with Crippen molar-refractivity contribution in [2.75, 3.05) is 0 Å². The Morgan fingerprint density at radius 2 is 1.94 bits per heavy atom. The van der Waals surface area contributed by atoms with E-state index in [1.807, 2.05) is 18.2 Å². The van der Waals surface area contributed by atoms with Gasteiger partial charge in [0.15, 0.2) is 0 Å². The van der Waals surface area contributed by atoms with Gasteiger partial charge in [0.1, 0.15) is 0 Å². The highest BCUT2D eigenvalue weighted by Gasteiger charge is 2.17. The molecule has 0 fully saturated rings. The molecule has 2 rings (SSSR count). The van der Waals surface area contributed by atoms with Crippen molar-refractivity contribution in [3.63, 3.8) is 0 Å². The van der Waals surface area contributed by atoms with E-state index in [9.17, 15) is 0 Å². The summed E-state index contributed by atoms with van der Waals surface area (Å²) in [5.74, 6) is 0. The average Bonchev–Trinajstić information content (AvgIpc) is 2.60. The summed E-state index contributed by atoms with van der Waals surface area (Å²) < 4.78 is 2.03. The van der Waals surface area contributed by atoms with E-state index < -0.39 is 0 Å². The molecule has 0 bridgehead atoms. The van der Waals surface area contributed by atoms with E-state index in [2.05, 4.69) is 44.8 Å². The van der Waals surface area contributed by atoms with Crippen LogP contribution in [0.5, 0.6) is 0 Å². The number of nitrogens with two attached hydrogens (primary N) is 1. The van der Waals surface area contributed by atoms with Crippen LogP contribution in [0.3, 0.4) is 0 Å². The van der Waals surface area contributed by atoms with E-state index in [0.717, 1.165) is 19.4 Å². The van der Waals surface area contributed by atoms with E-state index >= 15 is 0 Å². The van der Waals surface area contributed by atoms with Gasteiger partial charge in [-0.3, -0.25) is 0 Å². The van der Waals surface area contributed by atoms with Crippen LogP contribution >= 0.6 is 54.8 Å². The predicted molar refractivity (Wildman–Crippen MR) is 81.9 cm³/mol. The fourth-order valence-electron chi connectivity index (χ4n) is 1.61. The van der Waals surface area contributed by atoms with Gasteiger partial charge in [0.05, 0.1) is 6.04 Å². The topological polar surface area (TPSA) is 26.0 Å². The van der Waals surface area contributed by atoms with E-state index in [1.54, 1.807) is 11.3 Å². The highest BCUT2D eigenvalue weighted by atomic mass is 79.9. The molecule has 90 valence electrons. The summed E-state index contributed by atoms with van der Waals surface area (Å²) in [5, 5.41) is 0.697. The van der Waals surface area contributed by atoms with Crippen LogP contribution in [0.2, 0.25) is 5.02 Å². The lowest BCUT2D eigenvalue weighted by Gasteiger charge is -2.13. The Morgan fingerprint density at radius 3 is 2.53 bits per heavy atom. The number of benzene rings is 1. The van der Waals surface area contributed by atoms with Gasteiger partial charge >= 0.3 is 0 Å². The summed E-state index contributed by atoms with van der Waals surface area (Å²) in [7, 11) is 0. The van der Waals surface area contributed by atoms with E-state index in [0.29, 0.717) is 5.02 Å². The molecule has 1 aromatic heterocycles. The smallest absolute Gasteiger partial charge is 0.0669 e. The molecular weight excluding hydrogens is 385 g/mol. The predicted octanol–water partition coefficient (Wildman–Crippen LogP) is 5.28. The molecule has 1 nitrogen and oxygen atoms in total. The molecule has 1 aromatic carbocycles. The van der Waals surface area contributed by atoms with Gasteiger partial charge in [0.2, 0.25) is 0 Å². The van der Waals surface area contributed by atoms with Crippen molar-refractivity contribution in [1.29, 1.82) is 0 Å². The van der Waals surface area contributed by atoms with Crippen molar-refractivity contribution in [3.8, 4) is 0 Å². The van der Waals surface area contributed by atoms with Crippen LogP contribution in [0, 0.1) is 6.92 Å². The van der Waals surface area contributed by atoms with E-state index in [1.165, 1.54) is 4.88 Å². The third-order valence-electron chi connectivity index (χ3n) is 2.41. The first-order valence-electron chi connectivity index (χ1n) is 4.95. The van der Waals surface area contributed by atoms with Crippen molar-refractivity contribution in [3.05, 3.63) is 53.6 Å². The van der Waals surface area contributed by atoms with Gasteiger partial charge in [-0.15, -0.1) is 11.3 Å². The number of hydrogen-bond acceptors (Lipinski definition) is 2. The second kappa shape index (κ2) is 5.41. The number of hydrogen-bond donors (Lipinski definition) is 1. The Morgan fingerprint density at radius 1 is 1.24 bits per heavy atom. The summed E-state index contributed by atoms with van der Waals surface area (Å²) >= 11 is 14.8. The maximum absolute atomic E-state index is 6.29. The third-order valence-corrected chi connectivity index (χ3v) is 5.42. The van der Waals surface area contributed by atoms with Gasteiger partial charge < -0.3 is 5.73 Å². The van der Waals surface area contributed by atoms with Crippen LogP contribution < -0.4 is 5.73 Å². The zero-order valence-electron chi connectivity index (χ0n) is 9.01. The molecule has 17 heavy (non-hydrogen) atoms. The number of rotatable bonds is 2. The normalized spacial score (nSPS) is 12.8. The maximum atomic E-state index is 6.29. The zero-order chi connectivity index (χ0) is 12.6. The minimum absolute atomic E-state index is 0.170. The highest BCUT2D eigenvalue weighted by Crippen LogP contribution is 2.37. The standard InChI is InChI=1S/C12H10Br2ClNS/c1-6-4-10(14)12(17-6)11(16)8-5-7(15)2-3-9(8)13/h2-5,11H,16H2,1H3. The van der Waals surface area contributed by atoms with Crippen LogP contribution in [0.4, 0.5) is 0 Å². The molecule has 0 saturated heterocycles. The van der Waals surface area contributed by atoms with Gasteiger partial charge in [-0.05, 0) is 52.7 Å². The molecule has 0 spiro atoms. The molecule has 0 aliphatic carbocycles. The first kappa shape index (κ1) is 13.6. The molecule has 1 unspecified atom stereocenters. The monoisotopic (exact) mass is 393 g/mol. The lowest BCUT2D eigenvalue weighted by atomic mass is 10.1. The first-order chi connectivity index (χ1) is 7.99. The van der Waals surface area contributed by atoms with Crippen LogP contribution in [-0.2, 0) is 0 Å². The summed E-state index contributed by atoms with van der Waals surface area (Å²) in [6, 6.07) is 7.58. The van der Waals surface area contributed by atoms with E-state index in [-0.39, 0.29) is 6.04 Å². The Kier molecular flexibility index (Phi) is 4.31. The average molecular weight is 396 g/mol. The minimum atomic E-state index is -0.170. The van der Waals surface area contributed by atoms with Gasteiger partial charge in [-0.1, -0.05) is 27.5 Å². The van der Waals surface area contributed by atoms with Crippen LogP contribution in [0.25, 0.3) is 0 Å². The van der Waals surface area contributed by atoms with Gasteiger partial charge in [-0.25, -0.2) is 0 Å². The second-order valence-electron chi connectivity index (χ2n) is 3.71. The molecule has 1 atom stereocenters. The lowest BCUT2D eigenvalue weighted by molar-refractivity contribution is 0.883. The van der Waals surface area contributed by atoms with Crippen LogP contribution in [0.1, 0.15) is 21.4 Å². The first-order valence-corrected chi connectivity index (χ1v) is 7.73. The summed E-state index contributed by atoms with van der Waals surface area (Å²) in [4.78, 5) is 2.35. The molecule has 0 saturated carbocycles. The second-order valence-corrected chi connectivity index (χ2v) is 7.15. The van der Waals surface area contributed by atoms with Crippen molar-refractivity contribution in [1.82, 2.24) is 0 Å². The highest BCUT2D eigenvalue weighted by molar-refractivity contribution is 9.10. The maximum Gasteiger partial charge on any atom is 0.0669 e. The number of aryl methyl sites for hydroxylation is 1. The summed E-state index contributed by atoms with van der Waals surface area (Å²) in [6.45, 7) is 2.07. The molecule has 2 N–H and O–H groups in total. The molecule has 0 radical (unpaired) electrons. The number of halogens is 3. The fraction of sp³-hybridized carbons (Fsp3) is 0.167. The molecular formula is C12H10Br2ClNS. The Bertz CT molecular complexity index is 553. The van der Waals surface area contributed by atoms with Gasteiger partial charge in [0, 0.05) is 23.7 Å². The largest absolute Gasteiger partial charge is 0.320 e. The van der Waals surface area contributed by atoms with Crippen molar-refractivity contribution >= 4 is 54.8 Å². The quantitative estimate of drug-likeness (QED) is 0.735. The van der Waals surface area contributed by atoms with Crippen LogP contribution in [0.15, 0.2) is 33.2 Å². The SMILES string of the molecule is Cc1cc(Br)c(C(N)c2cc(Cl)ccc2Br)s1. The molecule has 0 amide bonds.